The fourth-order valence-electron chi connectivity index (χ4n) is 1.86. The second kappa shape index (κ2) is 5.49. The third kappa shape index (κ3) is 3.40. The molecule has 0 amide bonds. The maximum Gasteiger partial charge on any atom is 0.0278 e. The summed E-state index contributed by atoms with van der Waals surface area (Å²) in [7, 11) is 0. The quantitative estimate of drug-likeness (QED) is 0.495. The highest BCUT2D eigenvalue weighted by atomic mass is 15.2. The number of rotatable bonds is 5. The Balaban J connectivity index is 2.33. The van der Waals surface area contributed by atoms with Gasteiger partial charge in [0.1, 0.15) is 0 Å². The number of hydrogen-bond acceptors (Lipinski definition) is 3. The van der Waals surface area contributed by atoms with Crippen molar-refractivity contribution in [3.05, 3.63) is 12.7 Å². The Bertz CT molecular complexity index is 171. The van der Waals surface area contributed by atoms with Crippen LogP contribution >= 0.6 is 0 Å². The monoisotopic (exact) mass is 197 g/mol. The molecule has 1 saturated heterocycles. The molecule has 1 fully saturated rings. The minimum absolute atomic E-state index is 0.255. The van der Waals surface area contributed by atoms with E-state index in [0.29, 0.717) is 0 Å². The van der Waals surface area contributed by atoms with Gasteiger partial charge in [-0.1, -0.05) is 6.08 Å². The average molecular weight is 197 g/mol. The molecule has 14 heavy (non-hydrogen) atoms. The van der Waals surface area contributed by atoms with Gasteiger partial charge in [-0.25, -0.2) is 0 Å². The second-order valence-electron chi connectivity index (χ2n) is 4.47. The van der Waals surface area contributed by atoms with Gasteiger partial charge in [-0.2, -0.15) is 0 Å². The van der Waals surface area contributed by atoms with Crippen molar-refractivity contribution >= 4 is 0 Å². The molecule has 1 heterocycles. The van der Waals surface area contributed by atoms with E-state index in [2.05, 4.69) is 36.0 Å². The molecule has 0 bridgehead atoms. The lowest BCUT2D eigenvalue weighted by Crippen LogP contribution is -2.57. The molecular weight excluding hydrogens is 174 g/mol. The van der Waals surface area contributed by atoms with Crippen LogP contribution in [0.1, 0.15) is 13.8 Å². The Morgan fingerprint density at radius 1 is 1.43 bits per heavy atom. The van der Waals surface area contributed by atoms with Crippen LogP contribution in [0.15, 0.2) is 12.7 Å². The van der Waals surface area contributed by atoms with Crippen molar-refractivity contribution in [1.29, 1.82) is 0 Å². The first kappa shape index (κ1) is 11.7. The number of nitrogens with zero attached hydrogens (tertiary/aromatic N) is 1. The van der Waals surface area contributed by atoms with E-state index in [1.54, 1.807) is 0 Å². The van der Waals surface area contributed by atoms with Crippen molar-refractivity contribution in [2.75, 3.05) is 39.3 Å². The summed E-state index contributed by atoms with van der Waals surface area (Å²) >= 11 is 0. The van der Waals surface area contributed by atoms with E-state index < -0.39 is 0 Å². The van der Waals surface area contributed by atoms with Crippen LogP contribution in [0.25, 0.3) is 0 Å². The molecule has 2 N–H and O–H groups in total. The predicted molar refractivity (Wildman–Crippen MR) is 61.6 cm³/mol. The summed E-state index contributed by atoms with van der Waals surface area (Å²) in [5.41, 5.74) is 0.255. The summed E-state index contributed by atoms with van der Waals surface area (Å²) in [6.45, 7) is 14.8. The summed E-state index contributed by atoms with van der Waals surface area (Å²) in [6.07, 6.45) is 1.91. The normalized spacial score (nSPS) is 19.6. The maximum absolute atomic E-state index is 3.71. The fraction of sp³-hybridized carbons (Fsp3) is 0.818. The predicted octanol–water partition coefficient (Wildman–Crippen LogP) is 0.446. The van der Waals surface area contributed by atoms with E-state index in [1.807, 2.05) is 6.08 Å². The molecule has 1 rings (SSSR count). The molecule has 1 aliphatic heterocycles. The first-order valence-electron chi connectivity index (χ1n) is 5.44. The standard InChI is InChI=1S/C11H23N3/c1-4-5-13-10-11(2,3)14-8-6-12-7-9-14/h4,12-13H,1,5-10H2,2-3H3. The SMILES string of the molecule is C=CCNCC(C)(C)N1CCNCC1. The van der Waals surface area contributed by atoms with Gasteiger partial charge in [-0.15, -0.1) is 6.58 Å². The Morgan fingerprint density at radius 3 is 2.64 bits per heavy atom. The van der Waals surface area contributed by atoms with Gasteiger partial charge < -0.3 is 10.6 Å². The lowest BCUT2D eigenvalue weighted by molar-refractivity contribution is 0.103. The van der Waals surface area contributed by atoms with Crippen molar-refractivity contribution in [1.82, 2.24) is 15.5 Å². The van der Waals surface area contributed by atoms with Crippen molar-refractivity contribution in [3.8, 4) is 0 Å². The van der Waals surface area contributed by atoms with Crippen LogP contribution in [0, 0.1) is 0 Å². The fourth-order valence-corrected chi connectivity index (χ4v) is 1.86. The van der Waals surface area contributed by atoms with Crippen LogP contribution in [-0.4, -0.2) is 49.7 Å². The zero-order valence-corrected chi connectivity index (χ0v) is 9.47. The Morgan fingerprint density at radius 2 is 2.07 bits per heavy atom. The van der Waals surface area contributed by atoms with Gasteiger partial charge in [-0.3, -0.25) is 4.90 Å². The smallest absolute Gasteiger partial charge is 0.0278 e. The van der Waals surface area contributed by atoms with Crippen LogP contribution < -0.4 is 10.6 Å². The highest BCUT2D eigenvalue weighted by molar-refractivity contribution is 4.87. The van der Waals surface area contributed by atoms with E-state index in [-0.39, 0.29) is 5.54 Å². The van der Waals surface area contributed by atoms with Gasteiger partial charge >= 0.3 is 0 Å². The third-order valence-corrected chi connectivity index (χ3v) is 2.82. The summed E-state index contributed by atoms with van der Waals surface area (Å²) < 4.78 is 0. The van der Waals surface area contributed by atoms with Crippen molar-refractivity contribution in [2.45, 2.75) is 19.4 Å². The Hall–Kier alpha value is -0.380. The molecule has 0 radical (unpaired) electrons. The number of hydrogen-bond donors (Lipinski definition) is 2. The van der Waals surface area contributed by atoms with Crippen LogP contribution in [0.4, 0.5) is 0 Å². The molecule has 0 spiro atoms. The molecule has 82 valence electrons. The molecule has 0 aromatic rings. The first-order chi connectivity index (χ1) is 6.67. The van der Waals surface area contributed by atoms with E-state index in [4.69, 9.17) is 0 Å². The average Bonchev–Trinajstić information content (AvgIpc) is 2.19. The van der Waals surface area contributed by atoms with Crippen molar-refractivity contribution < 1.29 is 0 Å². The summed E-state index contributed by atoms with van der Waals surface area (Å²) in [5.74, 6) is 0. The Labute approximate surface area is 87.6 Å². The molecule has 0 aliphatic carbocycles. The highest BCUT2D eigenvalue weighted by Gasteiger charge is 2.26. The van der Waals surface area contributed by atoms with E-state index in [9.17, 15) is 0 Å². The zero-order valence-electron chi connectivity index (χ0n) is 9.47. The van der Waals surface area contributed by atoms with Crippen molar-refractivity contribution in [2.24, 2.45) is 0 Å². The van der Waals surface area contributed by atoms with Gasteiger partial charge in [0.15, 0.2) is 0 Å². The summed E-state index contributed by atoms with van der Waals surface area (Å²) in [4.78, 5) is 2.54. The number of piperazine rings is 1. The maximum atomic E-state index is 3.71. The molecule has 0 aromatic heterocycles. The van der Waals surface area contributed by atoms with Crippen LogP contribution in [0.2, 0.25) is 0 Å². The summed E-state index contributed by atoms with van der Waals surface area (Å²) in [5, 5.41) is 6.77. The van der Waals surface area contributed by atoms with Crippen molar-refractivity contribution in [3.63, 3.8) is 0 Å². The van der Waals surface area contributed by atoms with E-state index in [0.717, 1.165) is 39.3 Å². The first-order valence-corrected chi connectivity index (χ1v) is 5.44. The van der Waals surface area contributed by atoms with Crippen LogP contribution in [0.3, 0.4) is 0 Å². The van der Waals surface area contributed by atoms with Gasteiger partial charge in [0.25, 0.3) is 0 Å². The highest BCUT2D eigenvalue weighted by Crippen LogP contribution is 2.13. The number of nitrogens with one attached hydrogen (secondary N) is 2. The minimum Gasteiger partial charge on any atom is -0.314 e. The van der Waals surface area contributed by atoms with E-state index >= 15 is 0 Å². The van der Waals surface area contributed by atoms with E-state index in [1.165, 1.54) is 0 Å². The minimum atomic E-state index is 0.255. The lowest BCUT2D eigenvalue weighted by Gasteiger charge is -2.41. The molecule has 0 saturated carbocycles. The van der Waals surface area contributed by atoms with Gasteiger partial charge in [0, 0.05) is 44.8 Å². The molecule has 0 atom stereocenters. The summed E-state index contributed by atoms with van der Waals surface area (Å²) in [6, 6.07) is 0. The molecule has 0 aromatic carbocycles. The lowest BCUT2D eigenvalue weighted by atomic mass is 10.0. The van der Waals surface area contributed by atoms with Crippen LogP contribution in [0.5, 0.6) is 0 Å². The largest absolute Gasteiger partial charge is 0.314 e. The third-order valence-electron chi connectivity index (χ3n) is 2.82. The van der Waals surface area contributed by atoms with Gasteiger partial charge in [-0.05, 0) is 13.8 Å². The molecule has 3 nitrogen and oxygen atoms in total. The molecule has 3 heteroatoms. The van der Waals surface area contributed by atoms with Gasteiger partial charge in [0.05, 0.1) is 0 Å². The molecular formula is C11H23N3. The molecule has 0 unspecified atom stereocenters. The topological polar surface area (TPSA) is 27.3 Å². The van der Waals surface area contributed by atoms with Crippen LogP contribution in [-0.2, 0) is 0 Å². The zero-order chi connectivity index (χ0) is 10.4. The van der Waals surface area contributed by atoms with Gasteiger partial charge in [0.2, 0.25) is 0 Å². The second-order valence-corrected chi connectivity index (χ2v) is 4.47. The Kier molecular flexibility index (Phi) is 4.58. The molecule has 1 aliphatic rings.